The van der Waals surface area contributed by atoms with Crippen molar-refractivity contribution < 1.29 is 9.90 Å². The topological polar surface area (TPSA) is 76.0 Å². The third kappa shape index (κ3) is 2.56. The molecule has 0 bridgehead atoms. The van der Waals surface area contributed by atoms with Crippen molar-refractivity contribution in [3.05, 3.63) is 29.2 Å². The molecule has 82 valence electrons. The molecule has 2 aromatic heterocycles. The number of carboxylic acid groups (broad SMARTS) is 1. The van der Waals surface area contributed by atoms with Crippen LogP contribution in [0.5, 0.6) is 0 Å². The summed E-state index contributed by atoms with van der Waals surface area (Å²) in [6, 6.07) is 0. The van der Waals surface area contributed by atoms with Gasteiger partial charge in [0.2, 0.25) is 0 Å². The molecule has 0 aliphatic carbocycles. The number of carbonyl (C=O) groups is 1. The first-order valence-corrected chi connectivity index (χ1v) is 6.00. The van der Waals surface area contributed by atoms with E-state index < -0.39 is 5.97 Å². The summed E-state index contributed by atoms with van der Waals surface area (Å²) in [4.78, 5) is 22.7. The van der Waals surface area contributed by atoms with Crippen molar-refractivity contribution in [2.24, 2.45) is 0 Å². The van der Waals surface area contributed by atoms with Crippen LogP contribution in [-0.2, 0) is 0 Å². The fraction of sp³-hybridized carbons (Fsp3) is 0.111. The molecule has 0 saturated carbocycles. The molecule has 0 aliphatic heterocycles. The normalized spacial score (nSPS) is 10.3. The number of rotatable bonds is 3. The molecule has 0 fully saturated rings. The van der Waals surface area contributed by atoms with E-state index in [0.29, 0.717) is 5.03 Å². The molecule has 2 aromatic rings. The van der Waals surface area contributed by atoms with Gasteiger partial charge in [0.05, 0.1) is 12.4 Å². The van der Waals surface area contributed by atoms with E-state index in [1.807, 2.05) is 12.3 Å². The maximum Gasteiger partial charge on any atom is 0.356 e. The molecule has 5 nitrogen and oxygen atoms in total. The first-order chi connectivity index (χ1) is 7.65. The van der Waals surface area contributed by atoms with Crippen LogP contribution in [0.3, 0.4) is 0 Å². The molecule has 2 heterocycles. The standard InChI is InChI=1S/C9H7N3O2S2/c1-5-4-15-9(11-5)16-7-3-10-2-6(12-7)8(13)14/h2-4H,1H3,(H,13,14). The lowest BCUT2D eigenvalue weighted by atomic mass is 10.5. The molecule has 0 atom stereocenters. The Hall–Kier alpha value is -1.47. The molecule has 0 aliphatic rings. The van der Waals surface area contributed by atoms with Gasteiger partial charge in [-0.1, -0.05) is 0 Å². The van der Waals surface area contributed by atoms with Gasteiger partial charge >= 0.3 is 5.97 Å². The van der Waals surface area contributed by atoms with E-state index in [4.69, 9.17) is 5.11 Å². The Balaban J connectivity index is 2.21. The van der Waals surface area contributed by atoms with Crippen LogP contribution in [0, 0.1) is 6.92 Å². The maximum atomic E-state index is 10.7. The Morgan fingerprint density at radius 2 is 2.25 bits per heavy atom. The van der Waals surface area contributed by atoms with Crippen molar-refractivity contribution in [3.8, 4) is 0 Å². The van der Waals surface area contributed by atoms with Gasteiger partial charge in [0.25, 0.3) is 0 Å². The van der Waals surface area contributed by atoms with Gasteiger partial charge in [-0.25, -0.2) is 14.8 Å². The number of hydrogen-bond acceptors (Lipinski definition) is 6. The average Bonchev–Trinajstić information content (AvgIpc) is 2.64. The summed E-state index contributed by atoms with van der Waals surface area (Å²) in [5.41, 5.74) is 0.883. The SMILES string of the molecule is Cc1csc(Sc2cncc(C(=O)O)n2)n1. The number of nitrogens with zero attached hydrogens (tertiary/aromatic N) is 3. The lowest BCUT2D eigenvalue weighted by molar-refractivity contribution is 0.0689. The number of aryl methyl sites for hydroxylation is 1. The molecule has 0 spiro atoms. The minimum absolute atomic E-state index is 0.0571. The van der Waals surface area contributed by atoms with Crippen LogP contribution in [0.1, 0.15) is 16.2 Å². The molecule has 1 N–H and O–H groups in total. The summed E-state index contributed by atoms with van der Waals surface area (Å²) in [7, 11) is 0. The molecule has 2 rings (SSSR count). The highest BCUT2D eigenvalue weighted by atomic mass is 32.2. The fourth-order valence-electron chi connectivity index (χ4n) is 0.969. The van der Waals surface area contributed by atoms with Crippen LogP contribution in [-0.4, -0.2) is 26.0 Å². The van der Waals surface area contributed by atoms with E-state index in [1.54, 1.807) is 0 Å². The van der Waals surface area contributed by atoms with Gasteiger partial charge in [0, 0.05) is 11.1 Å². The highest BCUT2D eigenvalue weighted by Gasteiger charge is 2.08. The van der Waals surface area contributed by atoms with Crippen LogP contribution >= 0.6 is 23.1 Å². The Bertz CT molecular complexity index is 527. The van der Waals surface area contributed by atoms with Gasteiger partial charge in [-0.3, -0.25) is 4.98 Å². The molecule has 0 aromatic carbocycles. The lowest BCUT2D eigenvalue weighted by Gasteiger charge is -1.97. The summed E-state index contributed by atoms with van der Waals surface area (Å²) in [5.74, 6) is -1.08. The third-order valence-corrected chi connectivity index (χ3v) is 3.58. The largest absolute Gasteiger partial charge is 0.476 e. The lowest BCUT2D eigenvalue weighted by Crippen LogP contribution is -2.01. The minimum atomic E-state index is -1.08. The molecule has 16 heavy (non-hydrogen) atoms. The summed E-state index contributed by atoms with van der Waals surface area (Å²) < 4.78 is 0.828. The van der Waals surface area contributed by atoms with Crippen molar-refractivity contribution in [2.45, 2.75) is 16.3 Å². The Morgan fingerprint density at radius 1 is 1.44 bits per heavy atom. The van der Waals surface area contributed by atoms with Gasteiger partial charge < -0.3 is 5.11 Å². The zero-order valence-corrected chi connectivity index (χ0v) is 9.88. The average molecular weight is 253 g/mol. The molecule has 0 saturated heterocycles. The van der Waals surface area contributed by atoms with Gasteiger partial charge in [-0.2, -0.15) is 0 Å². The quantitative estimate of drug-likeness (QED) is 0.902. The first kappa shape index (κ1) is 11.0. The van der Waals surface area contributed by atoms with Gasteiger partial charge in [-0.05, 0) is 18.7 Å². The monoisotopic (exact) mass is 253 g/mol. The second-order valence-corrected chi connectivity index (χ2v) is 5.03. The van der Waals surface area contributed by atoms with Gasteiger partial charge in [-0.15, -0.1) is 11.3 Å². The third-order valence-electron chi connectivity index (χ3n) is 1.62. The van der Waals surface area contributed by atoms with Crippen molar-refractivity contribution in [2.75, 3.05) is 0 Å². The maximum absolute atomic E-state index is 10.7. The van der Waals surface area contributed by atoms with E-state index in [9.17, 15) is 4.79 Å². The zero-order chi connectivity index (χ0) is 11.5. The number of aromatic nitrogens is 3. The van der Waals surface area contributed by atoms with Crippen LogP contribution in [0.2, 0.25) is 0 Å². The number of carboxylic acids is 1. The van der Waals surface area contributed by atoms with Crippen LogP contribution in [0.25, 0.3) is 0 Å². The summed E-state index contributed by atoms with van der Waals surface area (Å²) >= 11 is 2.81. The van der Waals surface area contributed by atoms with E-state index in [0.717, 1.165) is 10.0 Å². The highest BCUT2D eigenvalue weighted by molar-refractivity contribution is 8.00. The van der Waals surface area contributed by atoms with Crippen molar-refractivity contribution in [3.63, 3.8) is 0 Å². The van der Waals surface area contributed by atoms with Gasteiger partial charge in [0.15, 0.2) is 10.0 Å². The molecule has 7 heteroatoms. The Kier molecular flexibility index (Phi) is 3.16. The number of hydrogen-bond donors (Lipinski definition) is 1. The predicted molar refractivity (Wildman–Crippen MR) is 60.0 cm³/mol. The Labute approximate surface area is 99.6 Å². The van der Waals surface area contributed by atoms with E-state index in [-0.39, 0.29) is 5.69 Å². The zero-order valence-electron chi connectivity index (χ0n) is 8.25. The van der Waals surface area contributed by atoms with E-state index >= 15 is 0 Å². The van der Waals surface area contributed by atoms with Crippen molar-refractivity contribution >= 4 is 29.1 Å². The van der Waals surface area contributed by atoms with Gasteiger partial charge in [0.1, 0.15) is 5.03 Å². The second-order valence-electron chi connectivity index (χ2n) is 2.90. The smallest absolute Gasteiger partial charge is 0.356 e. The first-order valence-electron chi connectivity index (χ1n) is 4.30. The van der Waals surface area contributed by atoms with Crippen LogP contribution in [0.4, 0.5) is 0 Å². The summed E-state index contributed by atoms with van der Waals surface area (Å²) in [6.45, 7) is 1.90. The number of aromatic carboxylic acids is 1. The van der Waals surface area contributed by atoms with Crippen molar-refractivity contribution in [1.29, 1.82) is 0 Å². The molecule has 0 unspecified atom stereocenters. The molecule has 0 amide bonds. The summed E-state index contributed by atoms with van der Waals surface area (Å²) in [5, 5.41) is 11.2. The van der Waals surface area contributed by atoms with Crippen LogP contribution in [0.15, 0.2) is 27.1 Å². The molecular formula is C9H7N3O2S2. The molecular weight excluding hydrogens is 246 g/mol. The van der Waals surface area contributed by atoms with Crippen molar-refractivity contribution in [1.82, 2.24) is 15.0 Å². The fourth-order valence-corrected chi connectivity index (χ4v) is 2.71. The molecule has 0 radical (unpaired) electrons. The minimum Gasteiger partial charge on any atom is -0.476 e. The predicted octanol–water partition coefficient (Wildman–Crippen LogP) is 2.09. The van der Waals surface area contributed by atoms with E-state index in [1.165, 1.54) is 35.5 Å². The highest BCUT2D eigenvalue weighted by Crippen LogP contribution is 2.28. The second kappa shape index (κ2) is 4.58. The summed E-state index contributed by atoms with van der Waals surface area (Å²) in [6.07, 6.45) is 2.74. The number of thiazole rings is 1. The van der Waals surface area contributed by atoms with Crippen LogP contribution < -0.4 is 0 Å². The Morgan fingerprint density at radius 3 is 2.88 bits per heavy atom. The van der Waals surface area contributed by atoms with E-state index in [2.05, 4.69) is 15.0 Å².